The molecule has 0 aliphatic heterocycles. The van der Waals surface area contributed by atoms with Gasteiger partial charge in [0.15, 0.2) is 11.6 Å². The van der Waals surface area contributed by atoms with E-state index in [1.54, 1.807) is 0 Å². The van der Waals surface area contributed by atoms with Gasteiger partial charge in [0.05, 0.1) is 24.2 Å². The summed E-state index contributed by atoms with van der Waals surface area (Å²) in [5.74, 6) is 1.02. The molecule has 0 unspecified atom stereocenters. The Bertz CT molecular complexity index is 558. The maximum Gasteiger partial charge on any atom is 0.169 e. The highest BCUT2D eigenvalue weighted by molar-refractivity contribution is 5.79. The minimum Gasteiger partial charge on any atom is -0.381 e. The molecule has 0 aliphatic carbocycles. The lowest BCUT2D eigenvalue weighted by Crippen LogP contribution is -2.20. The molecule has 1 aromatic heterocycles. The molecule has 1 heterocycles. The fraction of sp³-hybridized carbons (Fsp3) is 0.429. The summed E-state index contributed by atoms with van der Waals surface area (Å²) in [6.07, 6.45) is 0. The molecule has 0 radical (unpaired) electrons. The molecule has 0 aliphatic rings. The zero-order valence-corrected chi connectivity index (χ0v) is 12.0. The van der Waals surface area contributed by atoms with E-state index in [1.807, 2.05) is 38.4 Å². The highest BCUT2D eigenvalue weighted by atomic mass is 16.5. The van der Waals surface area contributed by atoms with Crippen LogP contribution in [0.5, 0.6) is 0 Å². The van der Waals surface area contributed by atoms with Crippen molar-refractivity contribution in [1.82, 2.24) is 14.9 Å². The quantitative estimate of drug-likeness (QED) is 0.740. The first-order valence-corrected chi connectivity index (χ1v) is 6.65. The first-order valence-electron chi connectivity index (χ1n) is 6.65. The zero-order chi connectivity index (χ0) is 14.4. The number of fused-ring (bicyclic) bond motifs is 1. The molecule has 0 spiro atoms. The fourth-order valence-electron chi connectivity index (χ4n) is 1.73. The van der Waals surface area contributed by atoms with E-state index in [-0.39, 0.29) is 0 Å². The van der Waals surface area contributed by atoms with Crippen molar-refractivity contribution < 1.29 is 4.74 Å². The summed E-state index contributed by atoms with van der Waals surface area (Å²) in [6, 6.07) is 7.66. The third kappa shape index (κ3) is 4.04. The smallest absolute Gasteiger partial charge is 0.169 e. The molecule has 6 nitrogen and oxygen atoms in total. The fourth-order valence-corrected chi connectivity index (χ4v) is 1.73. The second-order valence-electron chi connectivity index (χ2n) is 4.79. The molecule has 2 rings (SSSR count). The average molecular weight is 275 g/mol. The van der Waals surface area contributed by atoms with E-state index >= 15 is 0 Å². The van der Waals surface area contributed by atoms with Gasteiger partial charge in [-0.05, 0) is 26.2 Å². The highest BCUT2D eigenvalue weighted by Gasteiger charge is 2.04. The van der Waals surface area contributed by atoms with Crippen LogP contribution < -0.4 is 11.1 Å². The molecule has 20 heavy (non-hydrogen) atoms. The van der Waals surface area contributed by atoms with Gasteiger partial charge in [-0.2, -0.15) is 0 Å². The van der Waals surface area contributed by atoms with Crippen molar-refractivity contribution in [2.24, 2.45) is 0 Å². The normalized spacial score (nSPS) is 11.2. The summed E-state index contributed by atoms with van der Waals surface area (Å²) in [4.78, 5) is 10.9. The summed E-state index contributed by atoms with van der Waals surface area (Å²) in [5.41, 5.74) is 7.52. The van der Waals surface area contributed by atoms with Crippen LogP contribution in [0.3, 0.4) is 0 Å². The van der Waals surface area contributed by atoms with Gasteiger partial charge in [0.25, 0.3) is 0 Å². The lowest BCUT2D eigenvalue weighted by molar-refractivity contribution is 0.126. The molecule has 0 saturated heterocycles. The second kappa shape index (κ2) is 7.02. The predicted octanol–water partition coefficient (Wildman–Crippen LogP) is 1.20. The lowest BCUT2D eigenvalue weighted by atomic mass is 10.3. The Hall–Kier alpha value is -1.92. The molecule has 108 valence electrons. The Balaban J connectivity index is 1.85. The number of rotatable bonds is 7. The van der Waals surface area contributed by atoms with Crippen LogP contribution in [0.1, 0.15) is 0 Å². The number of likely N-dealkylation sites (N-methyl/N-ethyl adjacent to an activating group) is 1. The summed E-state index contributed by atoms with van der Waals surface area (Å²) in [5, 5.41) is 3.16. The molecular formula is C14H21N5O. The number of anilines is 2. The average Bonchev–Trinajstić information content (AvgIpc) is 2.42. The number of hydrogen-bond acceptors (Lipinski definition) is 6. The molecule has 0 amide bonds. The van der Waals surface area contributed by atoms with Crippen LogP contribution in [0.25, 0.3) is 11.0 Å². The Kier molecular flexibility index (Phi) is 5.09. The van der Waals surface area contributed by atoms with Crippen molar-refractivity contribution in [2.75, 3.05) is 51.4 Å². The van der Waals surface area contributed by atoms with Crippen molar-refractivity contribution in [3.05, 3.63) is 24.3 Å². The minimum atomic E-state index is 0.414. The van der Waals surface area contributed by atoms with Crippen molar-refractivity contribution >= 4 is 22.7 Å². The Morgan fingerprint density at radius 2 is 1.85 bits per heavy atom. The van der Waals surface area contributed by atoms with Crippen molar-refractivity contribution in [3.8, 4) is 0 Å². The van der Waals surface area contributed by atoms with Gasteiger partial charge in [-0.15, -0.1) is 0 Å². The Morgan fingerprint density at radius 3 is 2.55 bits per heavy atom. The number of nitrogens with one attached hydrogen (secondary N) is 1. The minimum absolute atomic E-state index is 0.414. The van der Waals surface area contributed by atoms with E-state index in [0.717, 1.165) is 17.6 Å². The van der Waals surface area contributed by atoms with Crippen LogP contribution >= 0.6 is 0 Å². The van der Waals surface area contributed by atoms with Gasteiger partial charge in [0, 0.05) is 13.1 Å². The van der Waals surface area contributed by atoms with Crippen LogP contribution in [-0.4, -0.2) is 55.3 Å². The number of hydrogen-bond donors (Lipinski definition) is 2. The number of nitrogen functional groups attached to an aromatic ring is 1. The van der Waals surface area contributed by atoms with Gasteiger partial charge < -0.3 is 20.7 Å². The largest absolute Gasteiger partial charge is 0.381 e. The Labute approximate surface area is 119 Å². The molecule has 1 aromatic carbocycles. The summed E-state index contributed by atoms with van der Waals surface area (Å²) in [6.45, 7) is 2.90. The summed E-state index contributed by atoms with van der Waals surface area (Å²) >= 11 is 0. The van der Waals surface area contributed by atoms with Gasteiger partial charge in [-0.3, -0.25) is 0 Å². The van der Waals surface area contributed by atoms with E-state index in [9.17, 15) is 0 Å². The van der Waals surface area contributed by atoms with E-state index < -0.39 is 0 Å². The number of benzene rings is 1. The van der Waals surface area contributed by atoms with Gasteiger partial charge in [-0.1, -0.05) is 12.1 Å². The SMILES string of the molecule is CN(C)CCOCCNc1nc2ccccc2nc1N. The van der Waals surface area contributed by atoms with E-state index in [4.69, 9.17) is 10.5 Å². The molecule has 0 bridgehead atoms. The number of para-hydroxylation sites is 2. The summed E-state index contributed by atoms with van der Waals surface area (Å²) < 4.78 is 5.50. The standard InChI is InChI=1S/C14H21N5O/c1-19(2)8-10-20-9-7-16-14-13(15)17-11-5-3-4-6-12(11)18-14/h3-6H,7-10H2,1-2H3,(H2,15,17)(H,16,18). The van der Waals surface area contributed by atoms with Crippen molar-refractivity contribution in [2.45, 2.75) is 0 Å². The molecule has 0 atom stereocenters. The predicted molar refractivity (Wildman–Crippen MR) is 81.8 cm³/mol. The van der Waals surface area contributed by atoms with Crippen LogP contribution in [-0.2, 0) is 4.74 Å². The van der Waals surface area contributed by atoms with Crippen LogP contribution in [0.15, 0.2) is 24.3 Å². The van der Waals surface area contributed by atoms with Crippen LogP contribution in [0, 0.1) is 0 Å². The topological polar surface area (TPSA) is 76.3 Å². The number of nitrogens with two attached hydrogens (primary N) is 1. The van der Waals surface area contributed by atoms with Gasteiger partial charge in [0.2, 0.25) is 0 Å². The third-order valence-electron chi connectivity index (χ3n) is 2.82. The van der Waals surface area contributed by atoms with Crippen molar-refractivity contribution in [1.29, 1.82) is 0 Å². The molecule has 3 N–H and O–H groups in total. The monoisotopic (exact) mass is 275 g/mol. The zero-order valence-electron chi connectivity index (χ0n) is 12.0. The molecule has 0 fully saturated rings. The second-order valence-corrected chi connectivity index (χ2v) is 4.79. The molecule has 6 heteroatoms. The van der Waals surface area contributed by atoms with Crippen molar-refractivity contribution in [3.63, 3.8) is 0 Å². The Morgan fingerprint density at radius 1 is 1.15 bits per heavy atom. The van der Waals surface area contributed by atoms with Gasteiger partial charge in [-0.25, -0.2) is 9.97 Å². The molecule has 0 saturated carbocycles. The van der Waals surface area contributed by atoms with Crippen LogP contribution in [0.4, 0.5) is 11.6 Å². The third-order valence-corrected chi connectivity index (χ3v) is 2.82. The number of ether oxygens (including phenoxy) is 1. The van der Waals surface area contributed by atoms with Gasteiger partial charge >= 0.3 is 0 Å². The first kappa shape index (κ1) is 14.5. The number of nitrogens with zero attached hydrogens (tertiary/aromatic N) is 3. The van der Waals surface area contributed by atoms with E-state index in [0.29, 0.717) is 31.4 Å². The maximum atomic E-state index is 5.88. The molecule has 2 aromatic rings. The maximum absolute atomic E-state index is 5.88. The highest BCUT2D eigenvalue weighted by Crippen LogP contribution is 2.17. The molecular weight excluding hydrogens is 254 g/mol. The summed E-state index contributed by atoms with van der Waals surface area (Å²) in [7, 11) is 4.04. The van der Waals surface area contributed by atoms with Gasteiger partial charge in [0.1, 0.15) is 0 Å². The number of aromatic nitrogens is 2. The lowest BCUT2D eigenvalue weighted by Gasteiger charge is -2.11. The first-order chi connectivity index (χ1) is 9.66. The van der Waals surface area contributed by atoms with E-state index in [2.05, 4.69) is 20.2 Å². The van der Waals surface area contributed by atoms with E-state index in [1.165, 1.54) is 0 Å². The van der Waals surface area contributed by atoms with Crippen LogP contribution in [0.2, 0.25) is 0 Å².